The Kier molecular flexibility index (Phi) is 7.77. The SMILES string of the molecule is CC(C)(C)CC1N(Cl)C(C(=O)NCCN2CCOCC2)C(c2cccc(Cl)c2)C12C(=O)Nc1ccccc12. The van der Waals surface area contributed by atoms with Crippen LogP contribution in [0.3, 0.4) is 0 Å². The second-order valence-corrected chi connectivity index (χ2v) is 12.5. The summed E-state index contributed by atoms with van der Waals surface area (Å²) in [6, 6.07) is 14.0. The van der Waals surface area contributed by atoms with Gasteiger partial charge in [0.05, 0.1) is 13.2 Å². The van der Waals surface area contributed by atoms with Gasteiger partial charge in [0.15, 0.2) is 0 Å². The molecule has 2 aromatic rings. The van der Waals surface area contributed by atoms with Crippen LogP contribution in [0.1, 0.15) is 44.2 Å². The largest absolute Gasteiger partial charge is 0.379 e. The molecule has 0 aromatic heterocycles. The van der Waals surface area contributed by atoms with E-state index in [4.69, 9.17) is 28.1 Å². The van der Waals surface area contributed by atoms with Crippen LogP contribution in [0.5, 0.6) is 0 Å². The Morgan fingerprint density at radius 2 is 1.89 bits per heavy atom. The Hall–Kier alpha value is -2.16. The number of anilines is 1. The van der Waals surface area contributed by atoms with Crippen LogP contribution >= 0.6 is 23.4 Å². The first kappa shape index (κ1) is 27.4. The van der Waals surface area contributed by atoms with Gasteiger partial charge in [0.25, 0.3) is 0 Å². The Bertz CT molecular complexity index is 1200. The molecule has 9 heteroatoms. The highest BCUT2D eigenvalue weighted by Crippen LogP contribution is 2.60. The van der Waals surface area contributed by atoms with Crippen LogP contribution in [0.15, 0.2) is 48.5 Å². The van der Waals surface area contributed by atoms with Gasteiger partial charge < -0.3 is 15.4 Å². The minimum absolute atomic E-state index is 0.132. The molecule has 0 saturated carbocycles. The van der Waals surface area contributed by atoms with E-state index in [0.29, 0.717) is 31.2 Å². The Morgan fingerprint density at radius 3 is 2.61 bits per heavy atom. The predicted octanol–water partition coefficient (Wildman–Crippen LogP) is 4.40. The van der Waals surface area contributed by atoms with Crippen LogP contribution in [0.25, 0.3) is 0 Å². The molecule has 7 nitrogen and oxygen atoms in total. The molecule has 5 rings (SSSR count). The lowest BCUT2D eigenvalue weighted by molar-refractivity contribution is -0.125. The highest BCUT2D eigenvalue weighted by atomic mass is 35.5. The number of hydrogen-bond acceptors (Lipinski definition) is 5. The van der Waals surface area contributed by atoms with E-state index < -0.39 is 23.4 Å². The quantitative estimate of drug-likeness (QED) is 0.514. The summed E-state index contributed by atoms with van der Waals surface area (Å²) in [6.45, 7) is 10.7. The molecule has 2 amide bonds. The number of halogens is 2. The number of carbonyl (C=O) groups is 2. The average Bonchev–Trinajstić information content (AvgIpc) is 3.30. The molecule has 0 radical (unpaired) electrons. The van der Waals surface area contributed by atoms with Gasteiger partial charge in [-0.25, -0.2) is 4.42 Å². The number of carbonyl (C=O) groups excluding carboxylic acids is 2. The van der Waals surface area contributed by atoms with Gasteiger partial charge in [0.2, 0.25) is 11.8 Å². The zero-order valence-electron chi connectivity index (χ0n) is 22.2. The van der Waals surface area contributed by atoms with Gasteiger partial charge in [0, 0.05) is 48.8 Å². The van der Waals surface area contributed by atoms with Crippen molar-refractivity contribution in [2.24, 2.45) is 5.41 Å². The standard InChI is InChI=1S/C29H36Cl2N4O3/c1-28(2,3)18-23-29(21-9-4-5-10-22(21)33-27(29)37)24(19-7-6-8-20(30)17-19)25(35(23)31)26(36)32-11-12-34-13-15-38-16-14-34/h4-10,17,23-25H,11-16,18H2,1-3H3,(H,32,36)(H,33,37). The Labute approximate surface area is 234 Å². The lowest BCUT2D eigenvalue weighted by Crippen LogP contribution is -2.49. The molecule has 3 aliphatic rings. The van der Waals surface area contributed by atoms with Crippen LogP contribution in [0.4, 0.5) is 5.69 Å². The molecule has 38 heavy (non-hydrogen) atoms. The number of nitrogens with zero attached hydrogens (tertiary/aromatic N) is 2. The van der Waals surface area contributed by atoms with Crippen molar-refractivity contribution in [3.63, 3.8) is 0 Å². The Morgan fingerprint density at radius 1 is 1.16 bits per heavy atom. The summed E-state index contributed by atoms with van der Waals surface area (Å²) in [7, 11) is 0. The van der Waals surface area contributed by atoms with Crippen molar-refractivity contribution in [2.75, 3.05) is 44.7 Å². The van der Waals surface area contributed by atoms with Gasteiger partial charge in [-0.1, -0.05) is 62.7 Å². The van der Waals surface area contributed by atoms with E-state index in [0.717, 1.165) is 36.4 Å². The van der Waals surface area contributed by atoms with Crippen molar-refractivity contribution < 1.29 is 14.3 Å². The maximum Gasteiger partial charge on any atom is 0.239 e. The molecule has 3 aliphatic heterocycles. The second kappa shape index (κ2) is 10.8. The number of hydrogen-bond donors (Lipinski definition) is 2. The van der Waals surface area contributed by atoms with Gasteiger partial charge in [-0.2, -0.15) is 0 Å². The van der Waals surface area contributed by atoms with E-state index in [9.17, 15) is 9.59 Å². The van der Waals surface area contributed by atoms with Gasteiger partial charge in [-0.15, -0.1) is 0 Å². The molecule has 4 atom stereocenters. The molecule has 0 bridgehead atoms. The number of ether oxygens (including phenoxy) is 1. The maximum atomic E-state index is 14.2. The highest BCUT2D eigenvalue weighted by molar-refractivity contribution is 6.30. The molecule has 4 unspecified atom stereocenters. The van der Waals surface area contributed by atoms with Gasteiger partial charge in [0.1, 0.15) is 11.5 Å². The maximum absolute atomic E-state index is 14.2. The van der Waals surface area contributed by atoms with E-state index in [1.165, 1.54) is 0 Å². The highest BCUT2D eigenvalue weighted by Gasteiger charge is 2.68. The predicted molar refractivity (Wildman–Crippen MR) is 151 cm³/mol. The topological polar surface area (TPSA) is 73.9 Å². The van der Waals surface area contributed by atoms with Crippen molar-refractivity contribution in [1.29, 1.82) is 0 Å². The lowest BCUT2D eigenvalue weighted by atomic mass is 9.62. The van der Waals surface area contributed by atoms with E-state index in [1.54, 1.807) is 10.5 Å². The summed E-state index contributed by atoms with van der Waals surface area (Å²) >= 11 is 13.7. The number of rotatable bonds is 6. The number of fused-ring (bicyclic) bond motifs is 2. The number of para-hydroxylation sites is 1. The normalized spacial score (nSPS) is 27.9. The summed E-state index contributed by atoms with van der Waals surface area (Å²) in [5.74, 6) is -0.864. The zero-order chi connectivity index (χ0) is 27.1. The molecular weight excluding hydrogens is 523 g/mol. The van der Waals surface area contributed by atoms with Crippen molar-refractivity contribution in [3.8, 4) is 0 Å². The average molecular weight is 560 g/mol. The monoisotopic (exact) mass is 558 g/mol. The number of amides is 2. The first-order chi connectivity index (χ1) is 18.1. The molecule has 2 fully saturated rings. The fourth-order valence-corrected chi connectivity index (χ4v) is 7.05. The third kappa shape index (κ3) is 4.95. The molecular formula is C29H36Cl2N4O3. The van der Waals surface area contributed by atoms with E-state index in [2.05, 4.69) is 36.3 Å². The van der Waals surface area contributed by atoms with Crippen LogP contribution in [-0.2, 0) is 19.7 Å². The van der Waals surface area contributed by atoms with Crippen molar-refractivity contribution >= 4 is 40.9 Å². The van der Waals surface area contributed by atoms with Crippen molar-refractivity contribution in [2.45, 2.75) is 50.6 Å². The summed E-state index contributed by atoms with van der Waals surface area (Å²) < 4.78 is 7.06. The summed E-state index contributed by atoms with van der Waals surface area (Å²) in [6.07, 6.45) is 0.618. The van der Waals surface area contributed by atoms with Gasteiger partial charge in [-0.05, 0) is 52.9 Å². The molecule has 2 N–H and O–H groups in total. The second-order valence-electron chi connectivity index (χ2n) is 11.7. The lowest BCUT2D eigenvalue weighted by Gasteiger charge is -2.38. The molecule has 0 aliphatic carbocycles. The molecule has 2 aromatic carbocycles. The number of benzene rings is 2. The molecule has 3 heterocycles. The number of nitrogens with one attached hydrogen (secondary N) is 2. The fraction of sp³-hybridized carbons (Fsp3) is 0.517. The first-order valence-corrected chi connectivity index (χ1v) is 14.0. The molecule has 1 spiro atoms. The van der Waals surface area contributed by atoms with Gasteiger partial charge >= 0.3 is 0 Å². The van der Waals surface area contributed by atoms with Crippen LogP contribution < -0.4 is 10.6 Å². The third-order valence-corrected chi connectivity index (χ3v) is 8.69. The van der Waals surface area contributed by atoms with Crippen molar-refractivity contribution in [3.05, 3.63) is 64.7 Å². The first-order valence-electron chi connectivity index (χ1n) is 13.3. The summed E-state index contributed by atoms with van der Waals surface area (Å²) in [5.41, 5.74) is 1.24. The molecule has 2 saturated heterocycles. The smallest absolute Gasteiger partial charge is 0.239 e. The van der Waals surface area contributed by atoms with Crippen LogP contribution in [0, 0.1) is 5.41 Å². The summed E-state index contributed by atoms with van der Waals surface area (Å²) in [4.78, 5) is 30.4. The molecule has 204 valence electrons. The fourth-order valence-electron chi connectivity index (χ4n) is 6.43. The third-order valence-electron chi connectivity index (χ3n) is 8.01. The van der Waals surface area contributed by atoms with E-state index in [-0.39, 0.29) is 17.2 Å². The van der Waals surface area contributed by atoms with Crippen LogP contribution in [0.2, 0.25) is 5.02 Å². The summed E-state index contributed by atoms with van der Waals surface area (Å²) in [5, 5.41) is 6.80. The minimum Gasteiger partial charge on any atom is -0.379 e. The zero-order valence-corrected chi connectivity index (χ0v) is 23.7. The van der Waals surface area contributed by atoms with Gasteiger partial charge in [-0.3, -0.25) is 14.5 Å². The Balaban J connectivity index is 1.58. The number of morpholine rings is 1. The van der Waals surface area contributed by atoms with Crippen LogP contribution in [-0.4, -0.2) is 72.6 Å². The minimum atomic E-state index is -1.07. The van der Waals surface area contributed by atoms with E-state index in [1.807, 2.05) is 42.5 Å². The van der Waals surface area contributed by atoms with Crippen molar-refractivity contribution in [1.82, 2.24) is 14.6 Å². The van der Waals surface area contributed by atoms with E-state index >= 15 is 0 Å².